The fraction of sp³-hybridized carbons (Fsp3) is 0.429. The number of rotatable bonds is 6. The van der Waals surface area contributed by atoms with Crippen molar-refractivity contribution in [1.82, 2.24) is 10.2 Å². The summed E-state index contributed by atoms with van der Waals surface area (Å²) in [6.45, 7) is 3.21. The molecule has 0 aliphatic carbocycles. The number of thiophene rings is 2. The highest BCUT2D eigenvalue weighted by Gasteiger charge is 2.16. The van der Waals surface area contributed by atoms with Crippen LogP contribution >= 0.6 is 22.7 Å². The van der Waals surface area contributed by atoms with Crippen LogP contribution in [0.4, 0.5) is 0 Å². The minimum Gasteiger partial charge on any atom is -0.308 e. The first-order valence-corrected chi connectivity index (χ1v) is 7.91. The monoisotopic (exact) mass is 280 g/mol. The van der Waals surface area contributed by atoms with Crippen molar-refractivity contribution in [3.05, 3.63) is 44.8 Å². The Kier molecular flexibility index (Phi) is 4.95. The van der Waals surface area contributed by atoms with Crippen LogP contribution in [-0.4, -0.2) is 25.5 Å². The van der Waals surface area contributed by atoms with Gasteiger partial charge in [-0.3, -0.25) is 0 Å². The molecule has 18 heavy (non-hydrogen) atoms. The van der Waals surface area contributed by atoms with Gasteiger partial charge in [0, 0.05) is 22.3 Å². The van der Waals surface area contributed by atoms with E-state index in [9.17, 15) is 0 Å². The van der Waals surface area contributed by atoms with Crippen molar-refractivity contribution in [2.45, 2.75) is 19.0 Å². The molecule has 0 aromatic carbocycles. The summed E-state index contributed by atoms with van der Waals surface area (Å²) in [6, 6.07) is 9.52. The molecule has 0 aliphatic heterocycles. The first kappa shape index (κ1) is 13.7. The van der Waals surface area contributed by atoms with Gasteiger partial charge in [0.2, 0.25) is 0 Å². The highest BCUT2D eigenvalue weighted by molar-refractivity contribution is 7.10. The molecule has 2 aromatic rings. The van der Waals surface area contributed by atoms with E-state index in [1.165, 1.54) is 9.75 Å². The van der Waals surface area contributed by atoms with Crippen molar-refractivity contribution >= 4 is 22.7 Å². The van der Waals surface area contributed by atoms with Crippen LogP contribution in [0.1, 0.15) is 28.8 Å². The second-order valence-corrected chi connectivity index (χ2v) is 6.60. The van der Waals surface area contributed by atoms with Crippen LogP contribution < -0.4 is 5.32 Å². The van der Waals surface area contributed by atoms with E-state index in [1.807, 2.05) is 22.7 Å². The zero-order valence-electron chi connectivity index (χ0n) is 11.1. The van der Waals surface area contributed by atoms with E-state index >= 15 is 0 Å². The lowest BCUT2D eigenvalue weighted by Gasteiger charge is -2.25. The van der Waals surface area contributed by atoms with Gasteiger partial charge in [-0.15, -0.1) is 22.7 Å². The van der Waals surface area contributed by atoms with Gasteiger partial charge in [0.25, 0.3) is 0 Å². The molecule has 0 amide bonds. The predicted octanol–water partition coefficient (Wildman–Crippen LogP) is 3.76. The summed E-state index contributed by atoms with van der Waals surface area (Å²) >= 11 is 3.64. The quantitative estimate of drug-likeness (QED) is 0.866. The molecule has 0 aliphatic rings. The van der Waals surface area contributed by atoms with Crippen molar-refractivity contribution in [2.75, 3.05) is 20.6 Å². The standard InChI is InChI=1S/C14H20N2S2/c1-11(13-6-4-8-17-13)15-10-12(16(2)3)14-7-5-9-18-14/h4-9,11-12,15H,10H2,1-3H3. The third-order valence-corrected chi connectivity index (χ3v) is 5.11. The minimum atomic E-state index is 0.424. The Morgan fingerprint density at radius 3 is 2.22 bits per heavy atom. The second kappa shape index (κ2) is 6.48. The summed E-state index contributed by atoms with van der Waals surface area (Å²) < 4.78 is 0. The van der Waals surface area contributed by atoms with Gasteiger partial charge in [-0.25, -0.2) is 0 Å². The number of hydrogen-bond donors (Lipinski definition) is 1. The van der Waals surface area contributed by atoms with Gasteiger partial charge < -0.3 is 10.2 Å². The van der Waals surface area contributed by atoms with Crippen LogP contribution in [0, 0.1) is 0 Å². The first-order chi connectivity index (χ1) is 8.68. The van der Waals surface area contributed by atoms with Gasteiger partial charge in [-0.05, 0) is 43.9 Å². The molecule has 2 rings (SSSR count). The number of nitrogens with zero attached hydrogens (tertiary/aromatic N) is 1. The highest BCUT2D eigenvalue weighted by atomic mass is 32.1. The molecule has 2 unspecified atom stereocenters. The van der Waals surface area contributed by atoms with Crippen LogP contribution in [0.25, 0.3) is 0 Å². The zero-order chi connectivity index (χ0) is 13.0. The molecule has 0 saturated carbocycles. The maximum Gasteiger partial charge on any atom is 0.0561 e. The van der Waals surface area contributed by atoms with Gasteiger partial charge in [0.15, 0.2) is 0 Å². The molecule has 1 N–H and O–H groups in total. The van der Waals surface area contributed by atoms with E-state index in [-0.39, 0.29) is 0 Å². The SMILES string of the molecule is CC(NCC(c1cccs1)N(C)C)c1cccs1. The summed E-state index contributed by atoms with van der Waals surface area (Å²) in [6.07, 6.45) is 0. The zero-order valence-corrected chi connectivity index (χ0v) is 12.7. The molecule has 4 heteroatoms. The molecule has 0 bridgehead atoms. The Morgan fingerprint density at radius 2 is 1.72 bits per heavy atom. The Hall–Kier alpha value is -0.680. The molecule has 2 atom stereocenters. The van der Waals surface area contributed by atoms with Gasteiger partial charge in [0.05, 0.1) is 6.04 Å². The van der Waals surface area contributed by atoms with Crippen LogP contribution in [0.15, 0.2) is 35.0 Å². The molecule has 2 nitrogen and oxygen atoms in total. The van der Waals surface area contributed by atoms with Gasteiger partial charge >= 0.3 is 0 Å². The topological polar surface area (TPSA) is 15.3 Å². The van der Waals surface area contributed by atoms with Crippen LogP contribution in [0.5, 0.6) is 0 Å². The molecular weight excluding hydrogens is 260 g/mol. The fourth-order valence-electron chi connectivity index (χ4n) is 1.95. The summed E-state index contributed by atoms with van der Waals surface area (Å²) in [5, 5.41) is 7.91. The number of likely N-dealkylation sites (N-methyl/N-ethyl adjacent to an activating group) is 1. The van der Waals surface area contributed by atoms with Crippen molar-refractivity contribution in [1.29, 1.82) is 0 Å². The number of hydrogen-bond acceptors (Lipinski definition) is 4. The van der Waals surface area contributed by atoms with E-state index in [0.29, 0.717) is 12.1 Å². The maximum absolute atomic E-state index is 3.63. The lowest BCUT2D eigenvalue weighted by atomic mass is 10.2. The molecule has 2 aromatic heterocycles. The smallest absolute Gasteiger partial charge is 0.0561 e. The van der Waals surface area contributed by atoms with E-state index < -0.39 is 0 Å². The third-order valence-electron chi connectivity index (χ3n) is 3.08. The van der Waals surface area contributed by atoms with Gasteiger partial charge in [-0.2, -0.15) is 0 Å². The molecule has 0 fully saturated rings. The van der Waals surface area contributed by atoms with Gasteiger partial charge in [-0.1, -0.05) is 12.1 Å². The maximum atomic E-state index is 3.63. The van der Waals surface area contributed by atoms with Crippen LogP contribution in [-0.2, 0) is 0 Å². The Morgan fingerprint density at radius 1 is 1.11 bits per heavy atom. The largest absolute Gasteiger partial charge is 0.308 e. The predicted molar refractivity (Wildman–Crippen MR) is 81.5 cm³/mol. The summed E-state index contributed by atoms with van der Waals surface area (Å²) in [4.78, 5) is 5.10. The van der Waals surface area contributed by atoms with Crippen molar-refractivity contribution in [3.8, 4) is 0 Å². The summed E-state index contributed by atoms with van der Waals surface area (Å²) in [7, 11) is 4.28. The lowest BCUT2D eigenvalue weighted by Crippen LogP contribution is -2.31. The Bertz CT molecular complexity index is 434. The van der Waals surface area contributed by atoms with E-state index in [4.69, 9.17) is 0 Å². The summed E-state index contributed by atoms with van der Waals surface area (Å²) in [5.74, 6) is 0. The normalized spacial score (nSPS) is 14.9. The summed E-state index contributed by atoms with van der Waals surface area (Å²) in [5.41, 5.74) is 0. The Balaban J connectivity index is 1.94. The van der Waals surface area contributed by atoms with Crippen LogP contribution in [0.3, 0.4) is 0 Å². The molecule has 0 spiro atoms. The van der Waals surface area contributed by atoms with E-state index in [0.717, 1.165) is 6.54 Å². The highest BCUT2D eigenvalue weighted by Crippen LogP contribution is 2.24. The fourth-order valence-corrected chi connectivity index (χ4v) is 3.63. The minimum absolute atomic E-state index is 0.424. The van der Waals surface area contributed by atoms with Gasteiger partial charge in [0.1, 0.15) is 0 Å². The molecule has 0 radical (unpaired) electrons. The number of nitrogens with one attached hydrogen (secondary N) is 1. The molecular formula is C14H20N2S2. The third kappa shape index (κ3) is 3.42. The lowest BCUT2D eigenvalue weighted by molar-refractivity contribution is 0.286. The molecule has 2 heterocycles. The van der Waals surface area contributed by atoms with Crippen LogP contribution in [0.2, 0.25) is 0 Å². The van der Waals surface area contributed by atoms with E-state index in [1.54, 1.807) is 0 Å². The molecule has 98 valence electrons. The average Bonchev–Trinajstić information content (AvgIpc) is 3.01. The van der Waals surface area contributed by atoms with Crippen molar-refractivity contribution in [2.24, 2.45) is 0 Å². The van der Waals surface area contributed by atoms with Crippen molar-refractivity contribution < 1.29 is 0 Å². The second-order valence-electron chi connectivity index (χ2n) is 4.64. The Labute approximate surface area is 117 Å². The first-order valence-electron chi connectivity index (χ1n) is 6.15. The molecule has 0 saturated heterocycles. The average molecular weight is 280 g/mol. The van der Waals surface area contributed by atoms with Crippen molar-refractivity contribution in [3.63, 3.8) is 0 Å². The van der Waals surface area contributed by atoms with E-state index in [2.05, 4.69) is 66.3 Å².